The van der Waals surface area contributed by atoms with Crippen molar-refractivity contribution in [2.45, 2.75) is 50.1 Å². The second kappa shape index (κ2) is 14.6. The van der Waals surface area contributed by atoms with Gasteiger partial charge in [-0.05, 0) is 65.8 Å². The number of phenolic OH excluding ortho intramolecular Hbond substituents is 1. The van der Waals surface area contributed by atoms with Gasteiger partial charge in [-0.15, -0.1) is 0 Å². The maximum absolute atomic E-state index is 13.1. The molecule has 264 valence electrons. The highest BCUT2D eigenvalue weighted by Crippen LogP contribution is 2.47. The van der Waals surface area contributed by atoms with Crippen LogP contribution < -0.4 is 14.8 Å². The molecule has 2 saturated heterocycles. The molecule has 2 N–H and O–H groups in total. The van der Waals surface area contributed by atoms with Crippen molar-refractivity contribution in [2.75, 3.05) is 32.8 Å². The minimum atomic E-state index is -0.627. The molecule has 9 heteroatoms. The lowest BCUT2D eigenvalue weighted by atomic mass is 9.76. The largest absolute Gasteiger partial charge is 0.508 e. The summed E-state index contributed by atoms with van der Waals surface area (Å²) >= 11 is 0. The van der Waals surface area contributed by atoms with E-state index in [1.807, 2.05) is 24.3 Å². The van der Waals surface area contributed by atoms with E-state index in [-0.39, 0.29) is 35.8 Å². The first-order valence-corrected chi connectivity index (χ1v) is 18.1. The lowest BCUT2D eigenvalue weighted by molar-refractivity contribution is -0.136. The Morgan fingerprint density at radius 2 is 1.75 bits per heavy atom. The molecule has 52 heavy (non-hydrogen) atoms. The molecule has 3 atom stereocenters. The number of nitrogens with one attached hydrogen (secondary N) is 1. The molecule has 3 amide bonds. The quantitative estimate of drug-likeness (QED) is 0.173. The van der Waals surface area contributed by atoms with Crippen molar-refractivity contribution in [1.82, 2.24) is 15.1 Å². The van der Waals surface area contributed by atoms with Gasteiger partial charge in [-0.1, -0.05) is 66.4 Å². The molecule has 4 aliphatic rings. The lowest BCUT2D eigenvalue weighted by Crippen LogP contribution is -2.52. The molecule has 4 aromatic carbocycles. The fourth-order valence-corrected chi connectivity index (χ4v) is 8.04. The molecule has 0 aliphatic carbocycles. The number of piperidine rings is 1. The van der Waals surface area contributed by atoms with E-state index in [9.17, 15) is 19.5 Å². The van der Waals surface area contributed by atoms with Crippen molar-refractivity contribution >= 4 is 17.7 Å². The Labute approximate surface area is 303 Å². The molecule has 4 aromatic rings. The van der Waals surface area contributed by atoms with E-state index in [2.05, 4.69) is 70.6 Å². The number of aromatic hydroxyl groups is 1. The molecule has 3 unspecified atom stereocenters. The fourth-order valence-electron chi connectivity index (χ4n) is 8.04. The Bertz CT molecular complexity index is 2050. The number of phenols is 1. The zero-order valence-electron chi connectivity index (χ0n) is 28.9. The van der Waals surface area contributed by atoms with Crippen molar-refractivity contribution in [3.05, 3.63) is 124 Å². The molecule has 0 saturated carbocycles. The molecule has 4 aliphatic heterocycles. The predicted molar refractivity (Wildman–Crippen MR) is 195 cm³/mol. The predicted octanol–water partition coefficient (Wildman–Crippen LogP) is 5.60. The second-order valence-electron chi connectivity index (χ2n) is 14.1. The summed E-state index contributed by atoms with van der Waals surface area (Å²) < 4.78 is 12.3. The molecular formula is C43H41N3O6. The topological polar surface area (TPSA) is 108 Å². The smallest absolute Gasteiger partial charge is 0.255 e. The number of nitrogens with zero attached hydrogens (tertiary/aromatic N) is 2. The summed E-state index contributed by atoms with van der Waals surface area (Å²) in [5.41, 5.74) is 5.76. The van der Waals surface area contributed by atoms with Crippen LogP contribution in [0.2, 0.25) is 0 Å². The normalized spacial score (nSPS) is 21.3. The van der Waals surface area contributed by atoms with Gasteiger partial charge >= 0.3 is 0 Å². The number of imide groups is 1. The third-order valence-corrected chi connectivity index (χ3v) is 10.8. The van der Waals surface area contributed by atoms with E-state index in [4.69, 9.17) is 9.47 Å². The third kappa shape index (κ3) is 6.87. The average Bonchev–Trinajstić information content (AvgIpc) is 3.48. The zero-order valence-corrected chi connectivity index (χ0v) is 28.9. The summed E-state index contributed by atoms with van der Waals surface area (Å²) in [5.74, 6) is 8.35. The van der Waals surface area contributed by atoms with E-state index in [0.29, 0.717) is 37.7 Å². The zero-order chi connectivity index (χ0) is 35.6. The first-order valence-electron chi connectivity index (χ1n) is 18.1. The molecule has 0 spiro atoms. The number of hydrogen-bond donors (Lipinski definition) is 2. The van der Waals surface area contributed by atoms with Gasteiger partial charge in [0.25, 0.3) is 5.91 Å². The molecule has 0 bridgehead atoms. The maximum Gasteiger partial charge on any atom is 0.255 e. The van der Waals surface area contributed by atoms with E-state index < -0.39 is 11.9 Å². The summed E-state index contributed by atoms with van der Waals surface area (Å²) in [4.78, 5) is 41.1. The van der Waals surface area contributed by atoms with Crippen molar-refractivity contribution in [3.63, 3.8) is 0 Å². The number of fused-ring (bicyclic) bond motifs is 2. The van der Waals surface area contributed by atoms with Crippen molar-refractivity contribution in [1.29, 1.82) is 0 Å². The van der Waals surface area contributed by atoms with Crippen LogP contribution in [0.5, 0.6) is 17.2 Å². The number of rotatable bonds is 9. The Balaban J connectivity index is 0.801. The van der Waals surface area contributed by atoms with Crippen LogP contribution in [0.15, 0.2) is 91.0 Å². The summed E-state index contributed by atoms with van der Waals surface area (Å²) in [5, 5.41) is 12.4. The van der Waals surface area contributed by atoms with Gasteiger partial charge in [0.15, 0.2) is 0 Å². The van der Waals surface area contributed by atoms with Crippen LogP contribution in [0.1, 0.15) is 75.7 Å². The third-order valence-electron chi connectivity index (χ3n) is 10.8. The lowest BCUT2D eigenvalue weighted by Gasteiger charge is -2.39. The number of benzene rings is 4. The maximum atomic E-state index is 13.1. The summed E-state index contributed by atoms with van der Waals surface area (Å²) in [6, 6.07) is 29.2. The highest BCUT2D eigenvalue weighted by atomic mass is 16.5. The summed E-state index contributed by atoms with van der Waals surface area (Å²) in [6.45, 7) is 4.41. The molecular weight excluding hydrogens is 654 g/mol. The van der Waals surface area contributed by atoms with Gasteiger partial charge < -0.3 is 19.5 Å². The number of likely N-dealkylation sites (tertiary alicyclic amines) is 1. The van der Waals surface area contributed by atoms with Gasteiger partial charge in [0.2, 0.25) is 11.8 Å². The SMILES string of the molecule is O=C1CCC(N2Cc3c(C#CCCC4CN(CCOc5ccc(C6c7ccc(O)cc7OCC6c6ccccc6)cc5)C4)cccc3C2=O)C(=O)N1. The second-order valence-corrected chi connectivity index (χ2v) is 14.1. The number of hydrogen-bond acceptors (Lipinski definition) is 7. The monoisotopic (exact) mass is 695 g/mol. The van der Waals surface area contributed by atoms with Crippen molar-refractivity contribution < 1.29 is 29.0 Å². The fraction of sp³-hybridized carbons (Fsp3) is 0.326. The van der Waals surface area contributed by atoms with Gasteiger partial charge in [0.1, 0.15) is 29.9 Å². The van der Waals surface area contributed by atoms with Crippen molar-refractivity contribution in [2.24, 2.45) is 5.92 Å². The Morgan fingerprint density at radius 3 is 2.56 bits per heavy atom. The van der Waals surface area contributed by atoms with Gasteiger partial charge in [0, 0.05) is 73.6 Å². The minimum Gasteiger partial charge on any atom is -0.508 e. The number of carbonyl (C=O) groups is 3. The number of ether oxygens (including phenoxy) is 2. The van der Waals surface area contributed by atoms with E-state index >= 15 is 0 Å². The van der Waals surface area contributed by atoms with Crippen molar-refractivity contribution in [3.8, 4) is 29.1 Å². The van der Waals surface area contributed by atoms with Crippen LogP contribution in [0.4, 0.5) is 0 Å². The Kier molecular flexibility index (Phi) is 9.40. The average molecular weight is 696 g/mol. The molecule has 0 radical (unpaired) electrons. The van der Waals surface area contributed by atoms with E-state index in [1.54, 1.807) is 23.1 Å². The van der Waals surface area contributed by atoms with Crippen LogP contribution >= 0.6 is 0 Å². The van der Waals surface area contributed by atoms with Crippen LogP contribution in [-0.2, 0) is 16.1 Å². The van der Waals surface area contributed by atoms with Gasteiger partial charge in [-0.25, -0.2) is 0 Å². The molecule has 0 aromatic heterocycles. The van der Waals surface area contributed by atoms with Crippen LogP contribution in [0.25, 0.3) is 0 Å². The van der Waals surface area contributed by atoms with Crippen LogP contribution in [0.3, 0.4) is 0 Å². The molecule has 2 fully saturated rings. The molecule has 4 heterocycles. The highest BCUT2D eigenvalue weighted by molar-refractivity contribution is 6.05. The van der Waals surface area contributed by atoms with Crippen LogP contribution in [0, 0.1) is 17.8 Å². The minimum absolute atomic E-state index is 0.0940. The number of amides is 3. The van der Waals surface area contributed by atoms with Gasteiger partial charge in [-0.2, -0.15) is 0 Å². The standard InChI is InChI=1S/C43H41N3O6/c47-32-15-18-35-39(23-32)52-27-37(30-8-2-1-3-9-30)41(35)31-13-16-33(17-14-31)51-22-21-45-24-28(25-45)7-4-5-10-29-11-6-12-34-36(29)26-46(43(34)50)38-19-20-40(48)44-42(38)49/h1-3,6,8-9,11-18,23,28,37-38,41,47H,4,7,19-22,24-27H2,(H,44,48,49). The van der Waals surface area contributed by atoms with Crippen LogP contribution in [-0.4, -0.2) is 71.5 Å². The first kappa shape index (κ1) is 33.5. The Hall–Kier alpha value is -5.59. The highest BCUT2D eigenvalue weighted by Gasteiger charge is 2.40. The number of carbonyl (C=O) groups excluding carboxylic acids is 3. The Morgan fingerprint density at radius 1 is 0.923 bits per heavy atom. The van der Waals surface area contributed by atoms with Gasteiger partial charge in [0.05, 0.1) is 6.61 Å². The molecule has 8 rings (SSSR count). The van der Waals surface area contributed by atoms with E-state index in [0.717, 1.165) is 60.7 Å². The summed E-state index contributed by atoms with van der Waals surface area (Å²) in [7, 11) is 0. The molecule has 9 nitrogen and oxygen atoms in total. The van der Waals surface area contributed by atoms with E-state index in [1.165, 1.54) is 11.1 Å². The van der Waals surface area contributed by atoms with Gasteiger partial charge in [-0.3, -0.25) is 24.6 Å². The first-order chi connectivity index (χ1) is 25.4. The summed E-state index contributed by atoms with van der Waals surface area (Å²) in [6.07, 6.45) is 2.38.